The van der Waals surface area contributed by atoms with Crippen LogP contribution in [0.4, 0.5) is 5.69 Å². The molecule has 0 saturated heterocycles. The highest BCUT2D eigenvalue weighted by Crippen LogP contribution is 2.28. The van der Waals surface area contributed by atoms with Crippen LogP contribution < -0.4 is 11.0 Å². The van der Waals surface area contributed by atoms with Crippen LogP contribution in [0.3, 0.4) is 0 Å². The monoisotopic (exact) mass is 461 g/mol. The third kappa shape index (κ3) is 3.21. The Kier molecular flexibility index (Phi) is 4.48. The van der Waals surface area contributed by atoms with Crippen LogP contribution in [0.25, 0.3) is 16.6 Å². The van der Waals surface area contributed by atoms with E-state index in [2.05, 4.69) is 31.3 Å². The molecule has 0 radical (unpaired) electrons. The SMILES string of the molecule is O=C(Nc1cccc(Cn2nc3ccccn3c2=O)c1)c1[nH]c2ccccc2c1Br. The first-order valence-electron chi connectivity index (χ1n) is 9.31. The summed E-state index contributed by atoms with van der Waals surface area (Å²) < 4.78 is 3.63. The lowest BCUT2D eigenvalue weighted by atomic mass is 10.2. The van der Waals surface area contributed by atoms with Crippen LogP contribution in [0.5, 0.6) is 0 Å². The highest BCUT2D eigenvalue weighted by molar-refractivity contribution is 9.10. The van der Waals surface area contributed by atoms with E-state index in [1.165, 1.54) is 9.08 Å². The molecule has 5 aromatic rings. The molecule has 2 N–H and O–H groups in total. The van der Waals surface area contributed by atoms with Crippen molar-refractivity contribution in [3.63, 3.8) is 0 Å². The third-order valence-electron chi connectivity index (χ3n) is 4.88. The van der Waals surface area contributed by atoms with Gasteiger partial charge in [-0.1, -0.05) is 36.4 Å². The molecule has 0 fully saturated rings. The predicted molar refractivity (Wildman–Crippen MR) is 119 cm³/mol. The first-order valence-corrected chi connectivity index (χ1v) is 10.1. The second-order valence-corrected chi connectivity index (χ2v) is 7.68. The van der Waals surface area contributed by atoms with Gasteiger partial charge in [-0.2, -0.15) is 0 Å². The van der Waals surface area contributed by atoms with Crippen LogP contribution in [0.15, 0.2) is 82.2 Å². The molecule has 0 aliphatic heterocycles. The highest BCUT2D eigenvalue weighted by atomic mass is 79.9. The van der Waals surface area contributed by atoms with Gasteiger partial charge in [-0.3, -0.25) is 9.20 Å². The van der Waals surface area contributed by atoms with Gasteiger partial charge in [0.15, 0.2) is 5.65 Å². The smallest absolute Gasteiger partial charge is 0.350 e. The summed E-state index contributed by atoms with van der Waals surface area (Å²) in [6, 6.07) is 20.5. The van der Waals surface area contributed by atoms with Crippen LogP contribution in [-0.2, 0) is 6.54 Å². The highest BCUT2D eigenvalue weighted by Gasteiger charge is 2.16. The van der Waals surface area contributed by atoms with Crippen molar-refractivity contribution in [3.8, 4) is 0 Å². The molecule has 30 heavy (non-hydrogen) atoms. The second kappa shape index (κ2) is 7.31. The van der Waals surface area contributed by atoms with Crippen molar-refractivity contribution in [2.45, 2.75) is 6.54 Å². The maximum Gasteiger partial charge on any atom is 0.350 e. The topological polar surface area (TPSA) is 84.2 Å². The first-order chi connectivity index (χ1) is 14.6. The number of hydrogen-bond acceptors (Lipinski definition) is 3. The summed E-state index contributed by atoms with van der Waals surface area (Å²) in [5, 5.41) is 8.21. The molecule has 5 rings (SSSR count). The number of aromatic amines is 1. The molecule has 0 aliphatic carbocycles. The molecule has 0 unspecified atom stereocenters. The molecule has 7 nitrogen and oxygen atoms in total. The number of carbonyl (C=O) groups is 1. The molecule has 148 valence electrons. The fraction of sp³-hybridized carbons (Fsp3) is 0.0455. The van der Waals surface area contributed by atoms with E-state index in [0.29, 0.717) is 23.6 Å². The Morgan fingerprint density at radius 3 is 2.73 bits per heavy atom. The number of carbonyl (C=O) groups excluding carboxylic acids is 1. The van der Waals surface area contributed by atoms with E-state index < -0.39 is 0 Å². The maximum absolute atomic E-state index is 12.8. The average Bonchev–Trinajstić information content (AvgIpc) is 3.26. The largest absolute Gasteiger partial charge is 0.350 e. The van der Waals surface area contributed by atoms with E-state index in [9.17, 15) is 9.59 Å². The van der Waals surface area contributed by atoms with E-state index >= 15 is 0 Å². The summed E-state index contributed by atoms with van der Waals surface area (Å²) in [5.41, 5.74) is 3.22. The van der Waals surface area contributed by atoms with E-state index in [4.69, 9.17) is 0 Å². The minimum Gasteiger partial charge on any atom is -0.350 e. The predicted octanol–water partition coefficient (Wildman–Crippen LogP) is 4.04. The van der Waals surface area contributed by atoms with Crippen molar-refractivity contribution in [1.29, 1.82) is 0 Å². The van der Waals surface area contributed by atoms with Gasteiger partial charge in [-0.25, -0.2) is 9.48 Å². The van der Waals surface area contributed by atoms with Gasteiger partial charge in [-0.05, 0) is 51.8 Å². The fourth-order valence-electron chi connectivity index (χ4n) is 3.45. The standard InChI is InChI=1S/C22H16BrN5O2/c23-19-16-8-1-2-9-17(16)25-20(19)21(29)24-15-7-5-6-14(12-15)13-28-22(30)27-11-4-3-10-18(27)26-28/h1-12,25H,13H2,(H,24,29). The first kappa shape index (κ1) is 18.4. The number of rotatable bonds is 4. The zero-order valence-corrected chi connectivity index (χ0v) is 17.3. The van der Waals surface area contributed by atoms with E-state index in [1.54, 1.807) is 18.3 Å². The Morgan fingerprint density at radius 2 is 1.90 bits per heavy atom. The molecule has 2 aromatic carbocycles. The van der Waals surface area contributed by atoms with Crippen molar-refractivity contribution in [2.24, 2.45) is 0 Å². The molecular weight excluding hydrogens is 446 g/mol. The van der Waals surface area contributed by atoms with Crippen LogP contribution in [0.1, 0.15) is 16.1 Å². The molecule has 0 spiro atoms. The number of anilines is 1. The summed E-state index contributed by atoms with van der Waals surface area (Å²) in [4.78, 5) is 28.4. The minimum atomic E-state index is -0.250. The summed E-state index contributed by atoms with van der Waals surface area (Å²) >= 11 is 3.51. The molecular formula is C22H16BrN5O2. The molecule has 1 amide bonds. The Bertz CT molecular complexity index is 1460. The Hall–Kier alpha value is -3.65. The van der Waals surface area contributed by atoms with Crippen LogP contribution in [0.2, 0.25) is 0 Å². The van der Waals surface area contributed by atoms with Crippen molar-refractivity contribution < 1.29 is 4.79 Å². The minimum absolute atomic E-state index is 0.206. The molecule has 8 heteroatoms. The van der Waals surface area contributed by atoms with Gasteiger partial charge in [0.1, 0.15) is 5.69 Å². The van der Waals surface area contributed by atoms with Gasteiger partial charge < -0.3 is 10.3 Å². The zero-order valence-electron chi connectivity index (χ0n) is 15.7. The lowest BCUT2D eigenvalue weighted by Gasteiger charge is -2.07. The number of halogens is 1. The van der Waals surface area contributed by atoms with E-state index in [0.717, 1.165) is 20.9 Å². The Labute approximate surface area is 179 Å². The lowest BCUT2D eigenvalue weighted by molar-refractivity contribution is 0.102. The van der Waals surface area contributed by atoms with Crippen molar-refractivity contribution >= 4 is 44.1 Å². The van der Waals surface area contributed by atoms with Gasteiger partial charge in [0.25, 0.3) is 5.91 Å². The lowest BCUT2D eigenvalue weighted by Crippen LogP contribution is -2.21. The van der Waals surface area contributed by atoms with Crippen molar-refractivity contribution in [3.05, 3.63) is 99.1 Å². The number of para-hydroxylation sites is 1. The normalized spacial score (nSPS) is 11.2. The number of nitrogens with one attached hydrogen (secondary N) is 2. The summed E-state index contributed by atoms with van der Waals surface area (Å²) in [5.74, 6) is -0.250. The Morgan fingerprint density at radius 1 is 1.07 bits per heavy atom. The van der Waals surface area contributed by atoms with Crippen LogP contribution in [0, 0.1) is 0 Å². The molecule has 0 bridgehead atoms. The maximum atomic E-state index is 12.8. The number of H-pyrrole nitrogens is 1. The summed E-state index contributed by atoms with van der Waals surface area (Å²) in [6.07, 6.45) is 1.69. The number of aromatic nitrogens is 4. The number of hydrogen-bond donors (Lipinski definition) is 2. The van der Waals surface area contributed by atoms with Gasteiger partial charge >= 0.3 is 5.69 Å². The number of nitrogens with zero attached hydrogens (tertiary/aromatic N) is 3. The van der Waals surface area contributed by atoms with Gasteiger partial charge in [0.05, 0.1) is 11.0 Å². The zero-order chi connectivity index (χ0) is 20.7. The third-order valence-corrected chi connectivity index (χ3v) is 5.70. The van der Waals surface area contributed by atoms with E-state index in [-0.39, 0.29) is 11.6 Å². The molecule has 3 aromatic heterocycles. The number of benzene rings is 2. The number of amides is 1. The van der Waals surface area contributed by atoms with Crippen LogP contribution >= 0.6 is 15.9 Å². The summed E-state index contributed by atoms with van der Waals surface area (Å²) in [7, 11) is 0. The van der Waals surface area contributed by atoms with E-state index in [1.807, 2.05) is 54.6 Å². The average molecular weight is 462 g/mol. The number of fused-ring (bicyclic) bond motifs is 2. The quantitative estimate of drug-likeness (QED) is 0.423. The fourth-order valence-corrected chi connectivity index (χ4v) is 4.07. The number of pyridine rings is 1. The van der Waals surface area contributed by atoms with Crippen LogP contribution in [-0.4, -0.2) is 25.1 Å². The Balaban J connectivity index is 1.40. The second-order valence-electron chi connectivity index (χ2n) is 6.88. The molecule has 3 heterocycles. The van der Waals surface area contributed by atoms with Crippen molar-refractivity contribution in [2.75, 3.05) is 5.32 Å². The summed E-state index contributed by atoms with van der Waals surface area (Å²) in [6.45, 7) is 0.306. The van der Waals surface area contributed by atoms with Crippen molar-refractivity contribution in [1.82, 2.24) is 19.2 Å². The van der Waals surface area contributed by atoms with Gasteiger partial charge in [-0.15, -0.1) is 5.10 Å². The van der Waals surface area contributed by atoms with Gasteiger partial charge in [0, 0.05) is 22.8 Å². The molecule has 0 aliphatic rings. The van der Waals surface area contributed by atoms with Gasteiger partial charge in [0.2, 0.25) is 0 Å². The molecule has 0 saturated carbocycles. The molecule has 0 atom stereocenters.